The van der Waals surface area contributed by atoms with Crippen molar-refractivity contribution in [2.24, 2.45) is 5.92 Å². The van der Waals surface area contributed by atoms with Crippen LogP contribution in [0.3, 0.4) is 0 Å². The number of hydrogen-bond donors (Lipinski definition) is 3. The van der Waals surface area contributed by atoms with E-state index in [1.807, 2.05) is 72.8 Å². The van der Waals surface area contributed by atoms with Gasteiger partial charge < -0.3 is 25.4 Å². The van der Waals surface area contributed by atoms with Crippen LogP contribution < -0.4 is 10.6 Å². The van der Waals surface area contributed by atoms with Crippen LogP contribution in [-0.2, 0) is 25.5 Å². The molecule has 50 heavy (non-hydrogen) atoms. The van der Waals surface area contributed by atoms with Gasteiger partial charge in [0, 0.05) is 30.9 Å². The maximum absolute atomic E-state index is 14.4. The summed E-state index contributed by atoms with van der Waals surface area (Å²) >= 11 is 0. The van der Waals surface area contributed by atoms with Gasteiger partial charge in [-0.2, -0.15) is 15.0 Å². The number of carboxylic acids is 1. The van der Waals surface area contributed by atoms with Crippen molar-refractivity contribution in [2.75, 3.05) is 6.54 Å². The zero-order valence-electron chi connectivity index (χ0n) is 28.9. The lowest BCUT2D eigenvalue weighted by Gasteiger charge is -2.30. The minimum atomic E-state index is -1.43. The van der Waals surface area contributed by atoms with Crippen molar-refractivity contribution in [3.8, 4) is 11.3 Å². The predicted molar refractivity (Wildman–Crippen MR) is 186 cm³/mol. The quantitative estimate of drug-likeness (QED) is 0.305. The van der Waals surface area contributed by atoms with Crippen LogP contribution in [-0.4, -0.2) is 78.6 Å². The summed E-state index contributed by atoms with van der Waals surface area (Å²) in [6.07, 6.45) is 7.55. The number of aromatic nitrogens is 3. The Kier molecular flexibility index (Phi) is 10.1. The maximum Gasteiger partial charge on any atom is 0.408 e. The number of aliphatic carboxylic acids is 1. The number of ether oxygens (including phenoxy) is 1. The summed E-state index contributed by atoms with van der Waals surface area (Å²) in [6, 6.07) is 17.3. The van der Waals surface area contributed by atoms with Crippen LogP contribution in [0.1, 0.15) is 83.0 Å². The molecule has 6 rings (SSSR count). The SMILES string of the molecule is CC(C)(C)OC(=O)N[C@H]1CCCCC/C=C\[C@@H]2C[C@@]2(C(=O)O)NC(=O)[C@@H]2C[C@H](n3nc(Cc4ccccc4)c(-c4ccccc4)n3)CN2C1=O. The predicted octanol–water partition coefficient (Wildman–Crippen LogP) is 5.05. The van der Waals surface area contributed by atoms with Crippen molar-refractivity contribution in [3.05, 3.63) is 84.1 Å². The van der Waals surface area contributed by atoms with Crippen molar-refractivity contribution >= 4 is 23.9 Å². The molecule has 3 heterocycles. The van der Waals surface area contributed by atoms with E-state index in [4.69, 9.17) is 14.9 Å². The van der Waals surface area contributed by atoms with Crippen molar-refractivity contribution < 1.29 is 29.0 Å². The second kappa shape index (κ2) is 14.5. The summed E-state index contributed by atoms with van der Waals surface area (Å²) < 4.78 is 5.50. The number of carbonyl (C=O) groups is 4. The fourth-order valence-corrected chi connectivity index (χ4v) is 6.94. The summed E-state index contributed by atoms with van der Waals surface area (Å²) in [5.41, 5.74) is 1.22. The Bertz CT molecular complexity index is 1730. The first kappa shape index (κ1) is 34.8. The molecule has 0 unspecified atom stereocenters. The van der Waals surface area contributed by atoms with E-state index >= 15 is 0 Å². The van der Waals surface area contributed by atoms with Crippen LogP contribution >= 0.6 is 0 Å². The average molecular weight is 683 g/mol. The highest BCUT2D eigenvalue weighted by molar-refractivity contribution is 5.96. The summed E-state index contributed by atoms with van der Waals surface area (Å²) in [5.74, 6) is -2.42. The smallest absolute Gasteiger partial charge is 0.408 e. The Morgan fingerprint density at radius 3 is 2.44 bits per heavy atom. The molecule has 2 aromatic carbocycles. The lowest BCUT2D eigenvalue weighted by atomic mass is 10.0. The molecule has 3 aliphatic rings. The molecule has 264 valence electrons. The van der Waals surface area contributed by atoms with Gasteiger partial charge in [-0.1, -0.05) is 85.7 Å². The summed E-state index contributed by atoms with van der Waals surface area (Å²) in [5, 5.41) is 25.7. The summed E-state index contributed by atoms with van der Waals surface area (Å²) in [4.78, 5) is 57.0. The Morgan fingerprint density at radius 2 is 1.74 bits per heavy atom. The molecule has 3 amide bonds. The van der Waals surface area contributed by atoms with E-state index in [-0.39, 0.29) is 25.3 Å². The molecule has 2 fully saturated rings. The van der Waals surface area contributed by atoms with E-state index in [1.165, 1.54) is 4.90 Å². The lowest BCUT2D eigenvalue weighted by molar-refractivity contribution is -0.145. The maximum atomic E-state index is 14.4. The number of allylic oxidation sites excluding steroid dienone is 1. The van der Waals surface area contributed by atoms with Gasteiger partial charge >= 0.3 is 12.1 Å². The van der Waals surface area contributed by atoms with E-state index in [2.05, 4.69) is 10.6 Å². The number of carboxylic acid groups (broad SMARTS) is 1. The standard InChI is InChI=1S/C38H46N6O6/c1-37(2,3)50-36(49)39-29-20-14-6-4-5-13-19-27-23-38(27,35(47)48)40-33(45)31-22-28(24-43(31)34(29)46)44-41-30(21-25-15-9-7-10-16-25)32(42-44)26-17-11-8-12-18-26/h7-13,15-19,27-29,31H,4-6,14,20-24H2,1-3H3,(H,39,49)(H,40,45)(H,47,48)/b19-13-/t27-,28+,29+,31+,38-/m1/s1. The van der Waals surface area contributed by atoms with Gasteiger partial charge in [0.25, 0.3) is 0 Å². The van der Waals surface area contributed by atoms with Gasteiger partial charge in [0.2, 0.25) is 11.8 Å². The van der Waals surface area contributed by atoms with Gasteiger partial charge in [-0.15, -0.1) is 0 Å². The van der Waals surface area contributed by atoms with E-state index in [0.29, 0.717) is 25.0 Å². The van der Waals surface area contributed by atoms with Gasteiger partial charge in [-0.25, -0.2) is 9.59 Å². The number of nitrogens with zero attached hydrogens (tertiary/aromatic N) is 4. The number of amides is 3. The fourth-order valence-electron chi connectivity index (χ4n) is 6.94. The number of fused-ring (bicyclic) bond motifs is 2. The Balaban J connectivity index is 1.34. The molecule has 1 saturated heterocycles. The van der Waals surface area contributed by atoms with Crippen LogP contribution in [0, 0.1) is 5.92 Å². The van der Waals surface area contributed by atoms with E-state index in [0.717, 1.165) is 36.1 Å². The number of alkyl carbamates (subject to hydrolysis) is 1. The molecule has 1 saturated carbocycles. The zero-order chi connectivity index (χ0) is 35.5. The van der Waals surface area contributed by atoms with Crippen LogP contribution in [0.4, 0.5) is 4.79 Å². The van der Waals surface area contributed by atoms with Crippen molar-refractivity contribution in [3.63, 3.8) is 0 Å². The number of benzene rings is 2. The molecular weight excluding hydrogens is 636 g/mol. The van der Waals surface area contributed by atoms with Crippen LogP contribution in [0.25, 0.3) is 11.3 Å². The second-order valence-corrected chi connectivity index (χ2v) is 14.6. The van der Waals surface area contributed by atoms with Crippen molar-refractivity contribution in [1.29, 1.82) is 0 Å². The van der Waals surface area contributed by atoms with Crippen LogP contribution in [0.5, 0.6) is 0 Å². The van der Waals surface area contributed by atoms with Gasteiger partial charge in [-0.3, -0.25) is 9.59 Å². The average Bonchev–Trinajstić information content (AvgIpc) is 3.37. The van der Waals surface area contributed by atoms with Gasteiger partial charge in [0.1, 0.15) is 28.9 Å². The molecule has 5 atom stereocenters. The lowest BCUT2D eigenvalue weighted by Crippen LogP contribution is -2.56. The zero-order valence-corrected chi connectivity index (χ0v) is 28.9. The molecule has 0 radical (unpaired) electrons. The largest absolute Gasteiger partial charge is 0.479 e. The normalized spacial score (nSPS) is 26.4. The highest BCUT2D eigenvalue weighted by Crippen LogP contribution is 2.45. The minimum Gasteiger partial charge on any atom is -0.479 e. The molecule has 0 bridgehead atoms. The third-order valence-corrected chi connectivity index (χ3v) is 9.62. The van der Waals surface area contributed by atoms with Gasteiger partial charge in [0.05, 0.1) is 11.7 Å². The molecule has 0 spiro atoms. The summed E-state index contributed by atoms with van der Waals surface area (Å²) in [7, 11) is 0. The number of rotatable bonds is 6. The first-order valence-electron chi connectivity index (χ1n) is 17.5. The fraction of sp³-hybridized carbons (Fsp3) is 0.474. The van der Waals surface area contributed by atoms with Crippen molar-refractivity contribution in [2.45, 2.75) is 101 Å². The molecule has 3 aromatic rings. The molecule has 1 aliphatic carbocycles. The van der Waals surface area contributed by atoms with E-state index in [9.17, 15) is 24.3 Å². The first-order chi connectivity index (χ1) is 23.9. The molecule has 12 heteroatoms. The second-order valence-electron chi connectivity index (χ2n) is 14.6. The number of carbonyl (C=O) groups excluding carboxylic acids is 3. The molecule has 12 nitrogen and oxygen atoms in total. The highest BCUT2D eigenvalue weighted by Gasteiger charge is 2.61. The monoisotopic (exact) mass is 682 g/mol. The third kappa shape index (κ3) is 7.90. The molecule has 2 aliphatic heterocycles. The van der Waals surface area contributed by atoms with Gasteiger partial charge in [0.15, 0.2) is 0 Å². The van der Waals surface area contributed by atoms with E-state index < -0.39 is 53.1 Å². The molecule has 1 aromatic heterocycles. The van der Waals surface area contributed by atoms with Gasteiger partial charge in [-0.05, 0) is 52.0 Å². The molecule has 3 N–H and O–H groups in total. The Hall–Kier alpha value is -5.00. The topological polar surface area (TPSA) is 156 Å². The Morgan fingerprint density at radius 1 is 1.02 bits per heavy atom. The number of nitrogens with one attached hydrogen (secondary N) is 2. The number of hydrogen-bond acceptors (Lipinski definition) is 7. The first-order valence-corrected chi connectivity index (χ1v) is 17.5. The van der Waals surface area contributed by atoms with Crippen molar-refractivity contribution in [1.82, 2.24) is 30.5 Å². The Labute approximate surface area is 292 Å². The van der Waals surface area contributed by atoms with E-state index in [1.54, 1.807) is 25.6 Å². The highest BCUT2D eigenvalue weighted by atomic mass is 16.6. The third-order valence-electron chi connectivity index (χ3n) is 9.62. The van der Waals surface area contributed by atoms with Crippen LogP contribution in [0.15, 0.2) is 72.8 Å². The molecular formula is C38H46N6O6. The summed E-state index contributed by atoms with van der Waals surface area (Å²) in [6.45, 7) is 5.35. The van der Waals surface area contributed by atoms with Crippen LogP contribution in [0.2, 0.25) is 0 Å². The minimum absolute atomic E-state index is 0.0977.